The topological polar surface area (TPSA) is 80.1 Å². The zero-order valence-electron chi connectivity index (χ0n) is 15.2. The molecule has 1 aromatic heterocycles. The van der Waals surface area contributed by atoms with Crippen LogP contribution in [0.15, 0.2) is 29.7 Å². The number of aromatic nitrogens is 3. The minimum absolute atomic E-state index is 0.0497. The molecule has 26 heavy (non-hydrogen) atoms. The number of aryl methyl sites for hydroxylation is 2. The molecule has 2 aromatic rings. The van der Waals surface area contributed by atoms with E-state index < -0.39 is 0 Å². The summed E-state index contributed by atoms with van der Waals surface area (Å²) in [6.45, 7) is 7.10. The molecule has 0 radical (unpaired) electrons. The number of amides is 2. The minimum atomic E-state index is -0.380. The molecule has 3 rings (SSSR count). The van der Waals surface area contributed by atoms with Gasteiger partial charge in [-0.1, -0.05) is 24.8 Å². The maximum absolute atomic E-state index is 12.6. The fraction of sp³-hybridized carbons (Fsp3) is 0.444. The summed E-state index contributed by atoms with van der Waals surface area (Å²) >= 11 is 1.34. The van der Waals surface area contributed by atoms with Gasteiger partial charge in [0, 0.05) is 18.8 Å². The van der Waals surface area contributed by atoms with Gasteiger partial charge in [-0.25, -0.2) is 0 Å². The van der Waals surface area contributed by atoms with E-state index in [0.717, 1.165) is 5.69 Å². The summed E-state index contributed by atoms with van der Waals surface area (Å²) < 4.78 is 1.88. The summed E-state index contributed by atoms with van der Waals surface area (Å²) in [4.78, 5) is 26.2. The lowest BCUT2D eigenvalue weighted by Gasteiger charge is -2.34. The predicted molar refractivity (Wildman–Crippen MR) is 100 cm³/mol. The Bertz CT molecular complexity index is 820. The molecule has 1 fully saturated rings. The first-order chi connectivity index (χ1) is 12.5. The second-order valence-corrected chi connectivity index (χ2v) is 7.29. The van der Waals surface area contributed by atoms with Crippen LogP contribution in [0.25, 0.3) is 5.69 Å². The number of rotatable bonds is 5. The quantitative estimate of drug-likeness (QED) is 0.807. The highest BCUT2D eigenvalue weighted by molar-refractivity contribution is 7.99. The molecule has 0 aliphatic carbocycles. The van der Waals surface area contributed by atoms with Gasteiger partial charge < -0.3 is 10.2 Å². The van der Waals surface area contributed by atoms with Gasteiger partial charge >= 0.3 is 0 Å². The molecule has 7 nitrogen and oxygen atoms in total. The number of piperazine rings is 1. The lowest BCUT2D eigenvalue weighted by Crippen LogP contribution is -2.57. The lowest BCUT2D eigenvalue weighted by molar-refractivity contribution is -0.141. The summed E-state index contributed by atoms with van der Waals surface area (Å²) in [5, 5.41) is 11.6. The highest BCUT2D eigenvalue weighted by Gasteiger charge is 2.31. The van der Waals surface area contributed by atoms with E-state index in [1.807, 2.05) is 17.6 Å². The van der Waals surface area contributed by atoms with Gasteiger partial charge in [-0.15, -0.1) is 10.2 Å². The van der Waals surface area contributed by atoms with Gasteiger partial charge in [0.2, 0.25) is 11.8 Å². The van der Waals surface area contributed by atoms with E-state index in [1.54, 1.807) is 11.2 Å². The third kappa shape index (κ3) is 3.75. The van der Waals surface area contributed by atoms with Crippen molar-refractivity contribution in [1.29, 1.82) is 0 Å². The van der Waals surface area contributed by atoms with E-state index in [1.165, 1.54) is 22.9 Å². The molecule has 0 saturated carbocycles. The number of carbonyl (C=O) groups excluding carboxylic acids is 2. The monoisotopic (exact) mass is 373 g/mol. The maximum atomic E-state index is 12.6. The molecule has 1 aliphatic rings. The van der Waals surface area contributed by atoms with Crippen LogP contribution in [0, 0.1) is 13.8 Å². The van der Waals surface area contributed by atoms with Gasteiger partial charge in [-0.05, 0) is 43.5 Å². The van der Waals surface area contributed by atoms with Gasteiger partial charge in [0.25, 0.3) is 0 Å². The van der Waals surface area contributed by atoms with E-state index in [-0.39, 0.29) is 23.6 Å². The second kappa shape index (κ2) is 7.90. The van der Waals surface area contributed by atoms with Crippen LogP contribution >= 0.6 is 11.8 Å². The molecule has 0 spiro atoms. The van der Waals surface area contributed by atoms with Gasteiger partial charge in [0.1, 0.15) is 12.4 Å². The zero-order valence-corrected chi connectivity index (χ0v) is 16.0. The van der Waals surface area contributed by atoms with Crippen LogP contribution in [0.3, 0.4) is 0 Å². The number of hydrogen-bond acceptors (Lipinski definition) is 5. The standard InChI is InChI=1S/C18H23N5O2S/c1-4-15-17(25)19-7-8-22(15)16(24)10-26-18-21-20-11-23(18)14-6-5-12(2)13(3)9-14/h5-6,9,11,15H,4,7-8,10H2,1-3H3,(H,19,25). The van der Waals surface area contributed by atoms with Gasteiger partial charge in [-0.3, -0.25) is 14.2 Å². The van der Waals surface area contributed by atoms with Crippen LogP contribution in [0.1, 0.15) is 24.5 Å². The molecule has 0 bridgehead atoms. The highest BCUT2D eigenvalue weighted by atomic mass is 32.2. The molecule has 2 heterocycles. The molecular weight excluding hydrogens is 350 g/mol. The Labute approximate surface area is 157 Å². The normalized spacial score (nSPS) is 17.3. The number of carbonyl (C=O) groups is 2. The van der Waals surface area contributed by atoms with Crippen LogP contribution in [-0.2, 0) is 9.59 Å². The van der Waals surface area contributed by atoms with E-state index in [0.29, 0.717) is 24.7 Å². The van der Waals surface area contributed by atoms with Gasteiger partial charge in [-0.2, -0.15) is 0 Å². The summed E-state index contributed by atoms with van der Waals surface area (Å²) in [7, 11) is 0. The molecule has 2 amide bonds. The Morgan fingerprint density at radius 2 is 2.15 bits per heavy atom. The van der Waals surface area contributed by atoms with Crippen LogP contribution in [-0.4, -0.2) is 56.4 Å². The first-order valence-electron chi connectivity index (χ1n) is 8.69. The number of nitrogens with one attached hydrogen (secondary N) is 1. The van der Waals surface area contributed by atoms with Crippen molar-refractivity contribution in [2.45, 2.75) is 38.4 Å². The van der Waals surface area contributed by atoms with Crippen molar-refractivity contribution >= 4 is 23.6 Å². The van der Waals surface area contributed by atoms with Crippen molar-refractivity contribution in [3.63, 3.8) is 0 Å². The molecule has 1 unspecified atom stereocenters. The molecule has 1 saturated heterocycles. The van der Waals surface area contributed by atoms with Crippen LogP contribution in [0.2, 0.25) is 0 Å². The Balaban J connectivity index is 1.71. The van der Waals surface area contributed by atoms with Crippen molar-refractivity contribution in [3.05, 3.63) is 35.7 Å². The van der Waals surface area contributed by atoms with Crippen molar-refractivity contribution in [3.8, 4) is 5.69 Å². The number of nitrogens with zero attached hydrogens (tertiary/aromatic N) is 4. The zero-order chi connectivity index (χ0) is 18.7. The Morgan fingerprint density at radius 3 is 2.88 bits per heavy atom. The summed E-state index contributed by atoms with van der Waals surface area (Å²) in [6, 6.07) is 5.77. The molecule has 8 heteroatoms. The Kier molecular flexibility index (Phi) is 5.61. The average Bonchev–Trinajstić information content (AvgIpc) is 3.10. The predicted octanol–water partition coefficient (Wildman–Crippen LogP) is 1.71. The Hall–Kier alpha value is -2.35. The molecule has 138 valence electrons. The summed E-state index contributed by atoms with van der Waals surface area (Å²) in [5.74, 6) is 0.106. The summed E-state index contributed by atoms with van der Waals surface area (Å²) in [5.41, 5.74) is 3.38. The molecule has 1 N–H and O–H groups in total. The minimum Gasteiger partial charge on any atom is -0.353 e. The smallest absolute Gasteiger partial charge is 0.242 e. The largest absolute Gasteiger partial charge is 0.353 e. The van der Waals surface area contributed by atoms with Crippen LogP contribution in [0.4, 0.5) is 0 Å². The van der Waals surface area contributed by atoms with E-state index in [9.17, 15) is 9.59 Å². The van der Waals surface area contributed by atoms with Gasteiger partial charge in [0.15, 0.2) is 5.16 Å². The summed E-state index contributed by atoms with van der Waals surface area (Å²) in [6.07, 6.45) is 2.27. The van der Waals surface area contributed by atoms with Crippen molar-refractivity contribution < 1.29 is 9.59 Å². The highest BCUT2D eigenvalue weighted by Crippen LogP contribution is 2.22. The first kappa shape index (κ1) is 18.4. The fourth-order valence-corrected chi connectivity index (χ4v) is 3.82. The molecular formula is C18H23N5O2S. The second-order valence-electron chi connectivity index (χ2n) is 6.34. The first-order valence-corrected chi connectivity index (χ1v) is 9.67. The average molecular weight is 373 g/mol. The molecule has 1 aromatic carbocycles. The third-order valence-electron chi connectivity index (χ3n) is 4.65. The van der Waals surface area contributed by atoms with Gasteiger partial charge in [0.05, 0.1) is 5.75 Å². The third-order valence-corrected chi connectivity index (χ3v) is 5.58. The van der Waals surface area contributed by atoms with Crippen LogP contribution < -0.4 is 5.32 Å². The van der Waals surface area contributed by atoms with E-state index in [2.05, 4.69) is 41.5 Å². The lowest BCUT2D eigenvalue weighted by atomic mass is 10.1. The van der Waals surface area contributed by atoms with Crippen molar-refractivity contribution in [2.75, 3.05) is 18.8 Å². The number of hydrogen-bond donors (Lipinski definition) is 1. The molecule has 1 aliphatic heterocycles. The Morgan fingerprint density at radius 1 is 1.35 bits per heavy atom. The SMILES string of the molecule is CCC1C(=O)NCCN1C(=O)CSc1nncn1-c1ccc(C)c(C)c1. The van der Waals surface area contributed by atoms with Crippen molar-refractivity contribution in [2.24, 2.45) is 0 Å². The van der Waals surface area contributed by atoms with Crippen LogP contribution in [0.5, 0.6) is 0 Å². The van der Waals surface area contributed by atoms with E-state index >= 15 is 0 Å². The number of thioether (sulfide) groups is 1. The number of benzene rings is 1. The van der Waals surface area contributed by atoms with Crippen molar-refractivity contribution in [1.82, 2.24) is 25.0 Å². The maximum Gasteiger partial charge on any atom is 0.242 e. The van der Waals surface area contributed by atoms with E-state index in [4.69, 9.17) is 0 Å². The molecule has 1 atom stereocenters. The fourth-order valence-electron chi connectivity index (χ4n) is 3.00.